The fraction of sp³-hybridized carbons (Fsp3) is 0.417. The van der Waals surface area contributed by atoms with Crippen molar-refractivity contribution in [1.82, 2.24) is 25.5 Å². The zero-order valence-electron chi connectivity index (χ0n) is 9.58. The average Bonchev–Trinajstić information content (AvgIpc) is 2.95. The predicted octanol–water partition coefficient (Wildman–Crippen LogP) is 0.800. The van der Waals surface area contributed by atoms with Crippen LogP contribution in [0.1, 0.15) is 18.4 Å². The SMILES string of the molecule is c1ccc(C2(n3cnnn3)CCNCC2)cc1. The van der Waals surface area contributed by atoms with Crippen molar-refractivity contribution in [2.75, 3.05) is 13.1 Å². The number of hydrogen-bond donors (Lipinski definition) is 1. The summed E-state index contributed by atoms with van der Waals surface area (Å²) in [5.74, 6) is 0. The van der Waals surface area contributed by atoms with Crippen molar-refractivity contribution in [1.29, 1.82) is 0 Å². The molecule has 0 atom stereocenters. The molecule has 3 rings (SSSR count). The quantitative estimate of drug-likeness (QED) is 0.827. The predicted molar refractivity (Wildman–Crippen MR) is 63.4 cm³/mol. The van der Waals surface area contributed by atoms with Gasteiger partial charge in [0.25, 0.3) is 0 Å². The molecule has 5 nitrogen and oxygen atoms in total. The van der Waals surface area contributed by atoms with Crippen LogP contribution in [0, 0.1) is 0 Å². The molecule has 0 saturated carbocycles. The van der Waals surface area contributed by atoms with Crippen molar-refractivity contribution in [2.24, 2.45) is 0 Å². The average molecular weight is 229 g/mol. The molecule has 1 aromatic carbocycles. The molecule has 1 N–H and O–H groups in total. The summed E-state index contributed by atoms with van der Waals surface area (Å²) >= 11 is 0. The Kier molecular flexibility index (Phi) is 2.60. The molecule has 0 radical (unpaired) electrons. The van der Waals surface area contributed by atoms with Crippen LogP contribution >= 0.6 is 0 Å². The molecule has 1 saturated heterocycles. The smallest absolute Gasteiger partial charge is 0.139 e. The standard InChI is InChI=1S/C12H15N5/c1-2-4-11(5-3-1)12(6-8-13-9-7-12)17-10-14-15-16-17/h1-5,10,13H,6-9H2. The lowest BCUT2D eigenvalue weighted by Crippen LogP contribution is -2.45. The van der Waals surface area contributed by atoms with Gasteiger partial charge in [-0.25, -0.2) is 4.68 Å². The largest absolute Gasteiger partial charge is 0.317 e. The van der Waals surface area contributed by atoms with Crippen molar-refractivity contribution in [3.05, 3.63) is 42.2 Å². The van der Waals surface area contributed by atoms with Gasteiger partial charge in [0.1, 0.15) is 6.33 Å². The van der Waals surface area contributed by atoms with E-state index in [0.717, 1.165) is 25.9 Å². The van der Waals surface area contributed by atoms with Gasteiger partial charge in [0, 0.05) is 0 Å². The van der Waals surface area contributed by atoms with E-state index in [1.807, 2.05) is 10.7 Å². The van der Waals surface area contributed by atoms with Crippen LogP contribution in [-0.4, -0.2) is 33.3 Å². The summed E-state index contributed by atoms with van der Waals surface area (Å²) < 4.78 is 1.91. The molecule has 1 fully saturated rings. The number of nitrogens with zero attached hydrogens (tertiary/aromatic N) is 4. The number of piperidine rings is 1. The van der Waals surface area contributed by atoms with Crippen LogP contribution in [-0.2, 0) is 5.54 Å². The molecule has 5 heteroatoms. The van der Waals surface area contributed by atoms with Crippen molar-refractivity contribution in [3.8, 4) is 0 Å². The van der Waals surface area contributed by atoms with E-state index in [4.69, 9.17) is 0 Å². The van der Waals surface area contributed by atoms with Crippen molar-refractivity contribution >= 4 is 0 Å². The fourth-order valence-corrected chi connectivity index (χ4v) is 2.60. The van der Waals surface area contributed by atoms with Gasteiger partial charge in [0.05, 0.1) is 5.54 Å². The van der Waals surface area contributed by atoms with E-state index in [1.54, 1.807) is 6.33 Å². The Morgan fingerprint density at radius 1 is 1.12 bits per heavy atom. The molecule has 2 aromatic rings. The van der Waals surface area contributed by atoms with Gasteiger partial charge >= 0.3 is 0 Å². The Hall–Kier alpha value is -1.75. The topological polar surface area (TPSA) is 55.6 Å². The van der Waals surface area contributed by atoms with Gasteiger partial charge in [0.15, 0.2) is 0 Å². The molecular weight excluding hydrogens is 214 g/mol. The maximum atomic E-state index is 4.12. The van der Waals surface area contributed by atoms with Gasteiger partial charge < -0.3 is 5.32 Å². The Labute approximate surface area is 99.8 Å². The highest BCUT2D eigenvalue weighted by Gasteiger charge is 2.36. The highest BCUT2D eigenvalue weighted by Crippen LogP contribution is 2.33. The molecule has 0 aliphatic carbocycles. The van der Waals surface area contributed by atoms with E-state index in [1.165, 1.54) is 5.56 Å². The first-order valence-electron chi connectivity index (χ1n) is 5.91. The lowest BCUT2D eigenvalue weighted by atomic mass is 9.81. The molecule has 17 heavy (non-hydrogen) atoms. The lowest BCUT2D eigenvalue weighted by molar-refractivity contribution is 0.232. The summed E-state index contributed by atoms with van der Waals surface area (Å²) in [6, 6.07) is 10.5. The molecule has 2 heterocycles. The van der Waals surface area contributed by atoms with E-state index >= 15 is 0 Å². The fourth-order valence-electron chi connectivity index (χ4n) is 2.60. The number of hydrogen-bond acceptors (Lipinski definition) is 4. The number of aromatic nitrogens is 4. The second kappa shape index (κ2) is 4.25. The minimum Gasteiger partial charge on any atom is -0.317 e. The van der Waals surface area contributed by atoms with Crippen LogP contribution in [0.5, 0.6) is 0 Å². The minimum absolute atomic E-state index is 0.0873. The van der Waals surface area contributed by atoms with Crippen molar-refractivity contribution in [3.63, 3.8) is 0 Å². The van der Waals surface area contributed by atoms with Gasteiger partial charge in [-0.3, -0.25) is 0 Å². The van der Waals surface area contributed by atoms with Crippen LogP contribution in [0.25, 0.3) is 0 Å². The third kappa shape index (κ3) is 1.72. The first-order chi connectivity index (χ1) is 8.42. The van der Waals surface area contributed by atoms with Crippen LogP contribution < -0.4 is 5.32 Å². The van der Waals surface area contributed by atoms with E-state index in [2.05, 4.69) is 45.1 Å². The summed E-state index contributed by atoms with van der Waals surface area (Å²) in [6.07, 6.45) is 3.75. The Balaban J connectivity index is 2.08. The second-order valence-corrected chi connectivity index (χ2v) is 4.40. The summed E-state index contributed by atoms with van der Waals surface area (Å²) in [5, 5.41) is 15.1. The highest BCUT2D eigenvalue weighted by atomic mass is 15.5. The first kappa shape index (κ1) is 10.4. The Morgan fingerprint density at radius 3 is 2.53 bits per heavy atom. The van der Waals surface area contributed by atoms with E-state index < -0.39 is 0 Å². The number of benzene rings is 1. The van der Waals surface area contributed by atoms with Gasteiger partial charge in [0.2, 0.25) is 0 Å². The van der Waals surface area contributed by atoms with E-state index in [0.29, 0.717) is 0 Å². The second-order valence-electron chi connectivity index (χ2n) is 4.40. The van der Waals surface area contributed by atoms with Gasteiger partial charge in [-0.1, -0.05) is 30.3 Å². The molecule has 1 aliphatic heterocycles. The Morgan fingerprint density at radius 2 is 1.88 bits per heavy atom. The van der Waals surface area contributed by atoms with Gasteiger partial charge in [-0.2, -0.15) is 0 Å². The maximum Gasteiger partial charge on any atom is 0.139 e. The molecule has 1 aromatic heterocycles. The lowest BCUT2D eigenvalue weighted by Gasteiger charge is -2.37. The monoisotopic (exact) mass is 229 g/mol. The van der Waals surface area contributed by atoms with Gasteiger partial charge in [-0.05, 0) is 41.9 Å². The first-order valence-corrected chi connectivity index (χ1v) is 5.91. The Bertz CT molecular complexity index is 459. The molecule has 0 amide bonds. The normalized spacial score (nSPS) is 19.1. The zero-order chi connectivity index (χ0) is 11.6. The summed E-state index contributed by atoms with van der Waals surface area (Å²) in [6.45, 7) is 1.99. The number of tetrazole rings is 1. The molecule has 0 spiro atoms. The zero-order valence-corrected chi connectivity index (χ0v) is 9.58. The maximum absolute atomic E-state index is 4.12. The summed E-state index contributed by atoms with van der Waals surface area (Å²) in [5.41, 5.74) is 1.20. The molecular formula is C12H15N5. The number of nitrogens with one attached hydrogen (secondary N) is 1. The molecule has 0 unspecified atom stereocenters. The van der Waals surface area contributed by atoms with Crippen molar-refractivity contribution in [2.45, 2.75) is 18.4 Å². The molecule has 0 bridgehead atoms. The summed E-state index contributed by atoms with van der Waals surface area (Å²) in [7, 11) is 0. The minimum atomic E-state index is -0.0873. The van der Waals surface area contributed by atoms with E-state index in [9.17, 15) is 0 Å². The van der Waals surface area contributed by atoms with Gasteiger partial charge in [-0.15, -0.1) is 5.10 Å². The van der Waals surface area contributed by atoms with Crippen LogP contribution in [0.2, 0.25) is 0 Å². The molecule has 88 valence electrons. The van der Waals surface area contributed by atoms with Crippen molar-refractivity contribution < 1.29 is 0 Å². The van der Waals surface area contributed by atoms with Crippen LogP contribution in [0.4, 0.5) is 0 Å². The van der Waals surface area contributed by atoms with E-state index in [-0.39, 0.29) is 5.54 Å². The summed E-state index contributed by atoms with van der Waals surface area (Å²) in [4.78, 5) is 0. The van der Waals surface area contributed by atoms with Crippen LogP contribution in [0.3, 0.4) is 0 Å². The highest BCUT2D eigenvalue weighted by molar-refractivity contribution is 5.26. The molecule has 1 aliphatic rings. The third-order valence-electron chi connectivity index (χ3n) is 3.53. The van der Waals surface area contributed by atoms with Crippen LogP contribution in [0.15, 0.2) is 36.7 Å². The number of rotatable bonds is 2. The third-order valence-corrected chi connectivity index (χ3v) is 3.53.